The van der Waals surface area contributed by atoms with Crippen LogP contribution in [0.4, 0.5) is 0 Å². The largest absolute Gasteiger partial charge is 0.490 e. The van der Waals surface area contributed by atoms with Crippen molar-refractivity contribution in [2.75, 3.05) is 39.5 Å². The summed E-state index contributed by atoms with van der Waals surface area (Å²) >= 11 is 1.49. The van der Waals surface area contributed by atoms with E-state index in [0.717, 1.165) is 5.01 Å². The first-order valence-corrected chi connectivity index (χ1v) is 11.1. The highest BCUT2D eigenvalue weighted by molar-refractivity contribution is 7.89. The molecule has 1 aliphatic heterocycles. The standard InChI is InChI=1S/C18H22N2O6S2/c1-14-19-15(13-27-14)12-18(21)26-11-10-25-16-2-4-17(5-3-16)28(22,23)20-6-8-24-9-7-20/h2-5,13H,6-12H2,1H3. The summed E-state index contributed by atoms with van der Waals surface area (Å²) in [6, 6.07) is 6.20. The van der Waals surface area contributed by atoms with E-state index < -0.39 is 10.0 Å². The quantitative estimate of drug-likeness (QED) is 0.468. The fourth-order valence-corrected chi connectivity index (χ4v) is 4.67. The maximum atomic E-state index is 12.6. The van der Waals surface area contributed by atoms with Gasteiger partial charge in [0.15, 0.2) is 0 Å². The molecule has 2 heterocycles. The number of aryl methyl sites for hydroxylation is 1. The van der Waals surface area contributed by atoms with Crippen LogP contribution in [-0.4, -0.2) is 63.2 Å². The minimum absolute atomic E-state index is 0.107. The first-order chi connectivity index (χ1) is 13.4. The lowest BCUT2D eigenvalue weighted by Crippen LogP contribution is -2.40. The van der Waals surface area contributed by atoms with Crippen molar-refractivity contribution in [1.29, 1.82) is 0 Å². The van der Waals surface area contributed by atoms with E-state index >= 15 is 0 Å². The second-order valence-corrected chi connectivity index (χ2v) is 9.09. The van der Waals surface area contributed by atoms with Crippen molar-refractivity contribution in [3.8, 4) is 5.75 Å². The molecule has 152 valence electrons. The zero-order valence-corrected chi connectivity index (χ0v) is 17.1. The summed E-state index contributed by atoms with van der Waals surface area (Å²) in [4.78, 5) is 16.2. The molecule has 1 aromatic carbocycles. The van der Waals surface area contributed by atoms with Crippen LogP contribution in [0, 0.1) is 6.92 Å². The van der Waals surface area contributed by atoms with Crippen LogP contribution < -0.4 is 4.74 Å². The second-order valence-electron chi connectivity index (χ2n) is 6.09. The molecule has 0 amide bonds. The predicted molar refractivity (Wildman–Crippen MR) is 103 cm³/mol. The van der Waals surface area contributed by atoms with Crippen LogP contribution in [0.5, 0.6) is 5.75 Å². The number of esters is 1. The van der Waals surface area contributed by atoms with Gasteiger partial charge in [-0.25, -0.2) is 13.4 Å². The molecule has 10 heteroatoms. The van der Waals surface area contributed by atoms with Gasteiger partial charge in [0.1, 0.15) is 19.0 Å². The summed E-state index contributed by atoms with van der Waals surface area (Å²) in [5.74, 6) is 0.146. The number of sulfonamides is 1. The molecule has 1 aromatic heterocycles. The minimum Gasteiger partial charge on any atom is -0.490 e. The molecule has 28 heavy (non-hydrogen) atoms. The molecule has 0 N–H and O–H groups in total. The van der Waals surface area contributed by atoms with Crippen LogP contribution in [0.15, 0.2) is 34.5 Å². The first-order valence-electron chi connectivity index (χ1n) is 8.82. The monoisotopic (exact) mass is 426 g/mol. The normalized spacial score (nSPS) is 15.3. The lowest BCUT2D eigenvalue weighted by Gasteiger charge is -2.26. The van der Waals surface area contributed by atoms with Crippen LogP contribution in [0.1, 0.15) is 10.7 Å². The predicted octanol–water partition coefficient (Wildman–Crippen LogP) is 1.64. The van der Waals surface area contributed by atoms with Crippen molar-refractivity contribution in [2.45, 2.75) is 18.2 Å². The molecule has 0 aliphatic carbocycles. The summed E-state index contributed by atoms with van der Waals surface area (Å²) in [6.07, 6.45) is 0.137. The second kappa shape index (κ2) is 9.46. The Morgan fingerprint density at radius 3 is 2.57 bits per heavy atom. The molecule has 0 atom stereocenters. The van der Waals surface area contributed by atoms with Gasteiger partial charge in [0.25, 0.3) is 0 Å². The fourth-order valence-electron chi connectivity index (χ4n) is 2.65. The van der Waals surface area contributed by atoms with Gasteiger partial charge in [-0.3, -0.25) is 4.79 Å². The number of rotatable bonds is 8. The van der Waals surface area contributed by atoms with E-state index in [1.165, 1.54) is 27.8 Å². The van der Waals surface area contributed by atoms with Gasteiger partial charge in [0, 0.05) is 18.5 Å². The van der Waals surface area contributed by atoms with Crippen molar-refractivity contribution >= 4 is 27.3 Å². The van der Waals surface area contributed by atoms with Gasteiger partial charge in [-0.1, -0.05) is 0 Å². The van der Waals surface area contributed by atoms with Gasteiger partial charge in [-0.05, 0) is 31.2 Å². The van der Waals surface area contributed by atoms with E-state index in [1.807, 2.05) is 12.3 Å². The summed E-state index contributed by atoms with van der Waals surface area (Å²) < 4.78 is 42.3. The number of morpholine rings is 1. The highest BCUT2D eigenvalue weighted by atomic mass is 32.2. The molecule has 0 radical (unpaired) electrons. The van der Waals surface area contributed by atoms with Gasteiger partial charge in [-0.15, -0.1) is 11.3 Å². The Kier molecular flexibility index (Phi) is 7.00. The third-order valence-electron chi connectivity index (χ3n) is 4.04. The maximum Gasteiger partial charge on any atom is 0.312 e. The van der Waals surface area contributed by atoms with Crippen molar-refractivity contribution in [2.24, 2.45) is 0 Å². The Hall–Kier alpha value is -2.01. The summed E-state index contributed by atoms with van der Waals surface area (Å²) in [5.41, 5.74) is 0.700. The van der Waals surface area contributed by atoms with Crippen molar-refractivity contribution < 1.29 is 27.4 Å². The minimum atomic E-state index is -3.52. The Balaban J connectivity index is 1.43. The van der Waals surface area contributed by atoms with Crippen molar-refractivity contribution in [3.05, 3.63) is 40.3 Å². The van der Waals surface area contributed by atoms with E-state index in [4.69, 9.17) is 14.2 Å². The molecule has 0 spiro atoms. The molecule has 2 aromatic rings. The average Bonchev–Trinajstić information content (AvgIpc) is 3.11. The zero-order valence-electron chi connectivity index (χ0n) is 15.5. The highest BCUT2D eigenvalue weighted by Gasteiger charge is 2.26. The number of carbonyl (C=O) groups excluding carboxylic acids is 1. The van der Waals surface area contributed by atoms with E-state index in [9.17, 15) is 13.2 Å². The molecule has 8 nitrogen and oxygen atoms in total. The Labute approximate surface area is 168 Å². The molecule has 0 unspecified atom stereocenters. The molecule has 0 bridgehead atoms. The van der Waals surface area contributed by atoms with Crippen molar-refractivity contribution in [3.63, 3.8) is 0 Å². The van der Waals surface area contributed by atoms with Crippen LogP contribution in [0.25, 0.3) is 0 Å². The number of hydrogen-bond donors (Lipinski definition) is 0. The van der Waals surface area contributed by atoms with Crippen LogP contribution in [0.3, 0.4) is 0 Å². The Morgan fingerprint density at radius 1 is 1.21 bits per heavy atom. The maximum absolute atomic E-state index is 12.6. The SMILES string of the molecule is Cc1nc(CC(=O)OCCOc2ccc(S(=O)(=O)N3CCOCC3)cc2)cs1. The van der Waals surface area contributed by atoms with Gasteiger partial charge in [-0.2, -0.15) is 4.31 Å². The Morgan fingerprint density at radius 2 is 1.93 bits per heavy atom. The van der Waals surface area contributed by atoms with E-state index in [0.29, 0.717) is 37.7 Å². The zero-order chi connectivity index (χ0) is 20.0. The molecule has 0 saturated carbocycles. The first kappa shape index (κ1) is 20.7. The van der Waals surface area contributed by atoms with Gasteiger partial charge < -0.3 is 14.2 Å². The molecular weight excluding hydrogens is 404 g/mol. The van der Waals surface area contributed by atoms with E-state index in [2.05, 4.69) is 4.98 Å². The van der Waals surface area contributed by atoms with Crippen LogP contribution in [-0.2, 0) is 30.7 Å². The molecular formula is C18H22N2O6S2. The Bertz CT molecular complexity index is 889. The van der Waals surface area contributed by atoms with Crippen molar-refractivity contribution in [1.82, 2.24) is 9.29 Å². The summed E-state index contributed by atoms with van der Waals surface area (Å²) in [7, 11) is -3.52. The number of hydrogen-bond acceptors (Lipinski definition) is 8. The highest BCUT2D eigenvalue weighted by Crippen LogP contribution is 2.20. The molecule has 1 saturated heterocycles. The summed E-state index contributed by atoms with van der Waals surface area (Å²) in [6.45, 7) is 3.68. The van der Waals surface area contributed by atoms with Gasteiger partial charge in [0.2, 0.25) is 10.0 Å². The number of thiazole rings is 1. The number of ether oxygens (including phenoxy) is 3. The van der Waals surface area contributed by atoms with E-state index in [-0.39, 0.29) is 30.5 Å². The number of benzene rings is 1. The fraction of sp³-hybridized carbons (Fsp3) is 0.444. The topological polar surface area (TPSA) is 95.0 Å². The van der Waals surface area contributed by atoms with Crippen LogP contribution in [0.2, 0.25) is 0 Å². The molecule has 3 rings (SSSR count). The smallest absolute Gasteiger partial charge is 0.312 e. The van der Waals surface area contributed by atoms with Gasteiger partial charge >= 0.3 is 5.97 Å². The molecule has 1 fully saturated rings. The average molecular weight is 427 g/mol. The van der Waals surface area contributed by atoms with E-state index in [1.54, 1.807) is 12.1 Å². The number of nitrogens with zero attached hydrogens (tertiary/aromatic N) is 2. The number of carbonyl (C=O) groups is 1. The van der Waals surface area contributed by atoms with Gasteiger partial charge in [0.05, 0.1) is 35.2 Å². The van der Waals surface area contributed by atoms with Crippen LogP contribution >= 0.6 is 11.3 Å². The summed E-state index contributed by atoms with van der Waals surface area (Å²) in [5, 5.41) is 2.74. The third kappa shape index (κ3) is 5.51. The molecule has 1 aliphatic rings. The lowest BCUT2D eigenvalue weighted by molar-refractivity contribution is -0.143. The lowest BCUT2D eigenvalue weighted by atomic mass is 10.3. The third-order valence-corrected chi connectivity index (χ3v) is 6.77. The number of aromatic nitrogens is 1.